The smallest absolute Gasteiger partial charge is 0.243 e. The molecule has 0 aromatic heterocycles. The average Bonchev–Trinajstić information content (AvgIpc) is 2.39. The normalized spacial score (nSPS) is 19.0. The molecule has 0 spiro atoms. The fourth-order valence-corrected chi connectivity index (χ4v) is 3.70. The second-order valence-electron chi connectivity index (χ2n) is 4.64. The van der Waals surface area contributed by atoms with E-state index in [4.69, 9.17) is 0 Å². The minimum atomic E-state index is -3.40. The minimum absolute atomic E-state index is 0.359. The topological polar surface area (TPSA) is 57.6 Å². The van der Waals surface area contributed by atoms with Crippen molar-refractivity contribution in [1.82, 2.24) is 4.31 Å². The molecule has 1 aliphatic heterocycles. The molecule has 1 aromatic rings. The van der Waals surface area contributed by atoms with Gasteiger partial charge in [-0.15, -0.1) is 0 Å². The van der Waals surface area contributed by atoms with Gasteiger partial charge < -0.3 is 5.11 Å². The van der Waals surface area contributed by atoms with Gasteiger partial charge in [-0.1, -0.05) is 19.1 Å². The molecule has 0 bridgehead atoms. The summed E-state index contributed by atoms with van der Waals surface area (Å²) in [4.78, 5) is 0.359. The molecule has 1 aromatic carbocycles. The first kappa shape index (κ1) is 13.5. The Morgan fingerprint density at radius 2 is 2.00 bits per heavy atom. The maximum absolute atomic E-state index is 12.4. The summed E-state index contributed by atoms with van der Waals surface area (Å²) in [6.45, 7) is 2.81. The highest BCUT2D eigenvalue weighted by molar-refractivity contribution is 7.89. The molecule has 4 nitrogen and oxygen atoms in total. The lowest BCUT2D eigenvalue weighted by Crippen LogP contribution is -2.40. The van der Waals surface area contributed by atoms with Gasteiger partial charge >= 0.3 is 0 Å². The van der Waals surface area contributed by atoms with Crippen LogP contribution in [0.3, 0.4) is 0 Å². The number of aliphatic hydroxyl groups excluding tert-OH is 1. The molecular weight excluding hydrogens is 250 g/mol. The van der Waals surface area contributed by atoms with E-state index in [1.165, 1.54) is 4.31 Å². The summed E-state index contributed by atoms with van der Waals surface area (Å²) in [7, 11) is -3.40. The summed E-state index contributed by atoms with van der Waals surface area (Å²) in [5.74, 6) is 0. The van der Waals surface area contributed by atoms with E-state index in [0.717, 1.165) is 12.0 Å². The van der Waals surface area contributed by atoms with Crippen LogP contribution in [0.4, 0.5) is 0 Å². The summed E-state index contributed by atoms with van der Waals surface area (Å²) >= 11 is 0. The highest BCUT2D eigenvalue weighted by Gasteiger charge is 2.28. The summed E-state index contributed by atoms with van der Waals surface area (Å²) in [5, 5.41) is 9.42. The second-order valence-corrected chi connectivity index (χ2v) is 6.57. The van der Waals surface area contributed by atoms with E-state index in [9.17, 15) is 13.5 Å². The molecular formula is C13H19NO3S. The van der Waals surface area contributed by atoms with Gasteiger partial charge in [0.1, 0.15) is 0 Å². The van der Waals surface area contributed by atoms with Gasteiger partial charge in [0.2, 0.25) is 10.0 Å². The van der Waals surface area contributed by atoms with Crippen LogP contribution in [0.1, 0.15) is 25.3 Å². The standard InChI is InChI=1S/C13H19NO3S/c1-2-11-4-3-5-13(10-11)18(16,17)14-8-6-12(15)7-9-14/h3-5,10,12,15H,2,6-9H2,1H3. The number of hydrogen-bond donors (Lipinski definition) is 1. The van der Waals surface area contributed by atoms with E-state index >= 15 is 0 Å². The zero-order valence-electron chi connectivity index (χ0n) is 10.5. The van der Waals surface area contributed by atoms with E-state index in [1.807, 2.05) is 13.0 Å². The van der Waals surface area contributed by atoms with Crippen molar-refractivity contribution in [2.45, 2.75) is 37.2 Å². The van der Waals surface area contributed by atoms with Crippen LogP contribution in [0.2, 0.25) is 0 Å². The van der Waals surface area contributed by atoms with Gasteiger partial charge in [-0.2, -0.15) is 4.31 Å². The van der Waals surface area contributed by atoms with Crippen LogP contribution in [-0.2, 0) is 16.4 Å². The Kier molecular flexibility index (Phi) is 4.04. The van der Waals surface area contributed by atoms with Gasteiger partial charge in [0.15, 0.2) is 0 Å². The van der Waals surface area contributed by atoms with Gasteiger partial charge in [-0.05, 0) is 37.0 Å². The van der Waals surface area contributed by atoms with E-state index in [1.54, 1.807) is 18.2 Å². The van der Waals surface area contributed by atoms with Gasteiger partial charge in [0.25, 0.3) is 0 Å². The van der Waals surface area contributed by atoms with Crippen LogP contribution in [0.5, 0.6) is 0 Å². The molecule has 0 atom stereocenters. The number of piperidine rings is 1. The van der Waals surface area contributed by atoms with Crippen molar-refractivity contribution in [2.24, 2.45) is 0 Å². The molecule has 100 valence electrons. The third kappa shape index (κ3) is 2.74. The maximum atomic E-state index is 12.4. The number of hydrogen-bond acceptors (Lipinski definition) is 3. The van der Waals surface area contributed by atoms with Crippen molar-refractivity contribution in [1.29, 1.82) is 0 Å². The highest BCUT2D eigenvalue weighted by atomic mass is 32.2. The molecule has 0 aliphatic carbocycles. The monoisotopic (exact) mass is 269 g/mol. The number of sulfonamides is 1. The number of aryl methyl sites for hydroxylation is 1. The van der Waals surface area contributed by atoms with Crippen LogP contribution in [-0.4, -0.2) is 37.0 Å². The third-order valence-corrected chi connectivity index (χ3v) is 5.26. The number of nitrogens with zero attached hydrogens (tertiary/aromatic N) is 1. The average molecular weight is 269 g/mol. The van der Waals surface area contributed by atoms with Gasteiger partial charge in [-0.25, -0.2) is 8.42 Å². The van der Waals surface area contributed by atoms with Crippen LogP contribution in [0.15, 0.2) is 29.2 Å². The minimum Gasteiger partial charge on any atom is -0.393 e. The van der Waals surface area contributed by atoms with Crippen molar-refractivity contribution >= 4 is 10.0 Å². The Bertz CT molecular complexity index is 505. The number of benzene rings is 1. The first-order valence-electron chi connectivity index (χ1n) is 6.31. The third-order valence-electron chi connectivity index (χ3n) is 3.37. The molecule has 5 heteroatoms. The summed E-state index contributed by atoms with van der Waals surface area (Å²) in [6, 6.07) is 7.09. The van der Waals surface area contributed by atoms with Crippen LogP contribution in [0.25, 0.3) is 0 Å². The largest absolute Gasteiger partial charge is 0.393 e. The van der Waals surface area contributed by atoms with Crippen LogP contribution >= 0.6 is 0 Å². The molecule has 0 amide bonds. The quantitative estimate of drug-likeness (QED) is 0.902. The lowest BCUT2D eigenvalue weighted by atomic mass is 10.1. The fourth-order valence-electron chi connectivity index (χ4n) is 2.16. The second kappa shape index (κ2) is 5.38. The Balaban J connectivity index is 2.24. The molecule has 1 N–H and O–H groups in total. The maximum Gasteiger partial charge on any atom is 0.243 e. The molecule has 2 rings (SSSR count). The first-order chi connectivity index (χ1) is 8.54. The van der Waals surface area contributed by atoms with Gasteiger partial charge in [-0.3, -0.25) is 0 Å². The van der Waals surface area contributed by atoms with Gasteiger partial charge in [0, 0.05) is 13.1 Å². The lowest BCUT2D eigenvalue weighted by Gasteiger charge is -2.28. The molecule has 1 aliphatic rings. The Morgan fingerprint density at radius 3 is 2.61 bits per heavy atom. The predicted octanol–water partition coefficient (Wildman–Crippen LogP) is 1.39. The fraction of sp³-hybridized carbons (Fsp3) is 0.538. The highest BCUT2D eigenvalue weighted by Crippen LogP contribution is 2.21. The van der Waals surface area contributed by atoms with E-state index in [2.05, 4.69) is 0 Å². The van der Waals surface area contributed by atoms with Crippen molar-refractivity contribution in [3.63, 3.8) is 0 Å². The zero-order chi connectivity index (χ0) is 13.2. The Morgan fingerprint density at radius 1 is 1.33 bits per heavy atom. The SMILES string of the molecule is CCc1cccc(S(=O)(=O)N2CCC(O)CC2)c1. The van der Waals surface area contributed by atoms with Crippen molar-refractivity contribution in [3.05, 3.63) is 29.8 Å². The van der Waals surface area contributed by atoms with Crippen molar-refractivity contribution < 1.29 is 13.5 Å². The number of rotatable bonds is 3. The first-order valence-corrected chi connectivity index (χ1v) is 7.75. The van der Waals surface area contributed by atoms with Crippen molar-refractivity contribution in [2.75, 3.05) is 13.1 Å². The lowest BCUT2D eigenvalue weighted by molar-refractivity contribution is 0.113. The van der Waals surface area contributed by atoms with Crippen LogP contribution in [0, 0.1) is 0 Å². The van der Waals surface area contributed by atoms with E-state index in [-0.39, 0.29) is 6.10 Å². The molecule has 1 saturated heterocycles. The summed E-state index contributed by atoms with van der Waals surface area (Å²) in [5.41, 5.74) is 1.02. The van der Waals surface area contributed by atoms with Crippen molar-refractivity contribution in [3.8, 4) is 0 Å². The Labute approximate surface area is 108 Å². The van der Waals surface area contributed by atoms with E-state index in [0.29, 0.717) is 30.8 Å². The molecule has 0 radical (unpaired) electrons. The Hall–Kier alpha value is -0.910. The van der Waals surface area contributed by atoms with E-state index < -0.39 is 10.0 Å². The predicted molar refractivity (Wildman–Crippen MR) is 69.8 cm³/mol. The molecule has 0 saturated carbocycles. The van der Waals surface area contributed by atoms with Crippen LogP contribution < -0.4 is 0 Å². The number of aliphatic hydroxyl groups is 1. The molecule has 0 unspecified atom stereocenters. The molecule has 18 heavy (non-hydrogen) atoms. The molecule has 1 fully saturated rings. The molecule has 1 heterocycles. The summed E-state index contributed by atoms with van der Waals surface area (Å²) < 4.78 is 26.3. The van der Waals surface area contributed by atoms with Gasteiger partial charge in [0.05, 0.1) is 11.0 Å². The summed E-state index contributed by atoms with van der Waals surface area (Å²) in [6.07, 6.45) is 1.50. The zero-order valence-corrected chi connectivity index (χ0v) is 11.4.